The van der Waals surface area contributed by atoms with Crippen LogP contribution in [-0.4, -0.2) is 15.5 Å². The molecule has 6 nitrogen and oxygen atoms in total. The fourth-order valence-corrected chi connectivity index (χ4v) is 3.03. The molecule has 0 atom stereocenters. The molecule has 0 aromatic carbocycles. The van der Waals surface area contributed by atoms with Crippen LogP contribution in [-0.2, 0) is 19.4 Å². The number of nitrogens with one attached hydrogen (secondary N) is 1. The number of nitrogen functional groups attached to an aromatic ring is 1. The zero-order chi connectivity index (χ0) is 15.0. The van der Waals surface area contributed by atoms with Gasteiger partial charge in [0, 0.05) is 5.69 Å². The molecule has 0 fully saturated rings. The van der Waals surface area contributed by atoms with Crippen molar-refractivity contribution in [3.05, 3.63) is 40.4 Å². The zero-order valence-corrected chi connectivity index (χ0v) is 12.4. The lowest BCUT2D eigenvalue weighted by molar-refractivity contribution is 0.0952. The number of carbonyl (C=O) groups is 1. The lowest BCUT2D eigenvalue weighted by Gasteiger charge is -2.13. The van der Waals surface area contributed by atoms with E-state index in [-0.39, 0.29) is 5.91 Å². The Morgan fingerprint density at radius 1 is 1.43 bits per heavy atom. The largest absolute Gasteiger partial charge is 0.464 e. The molecule has 2 aromatic heterocycles. The minimum absolute atomic E-state index is 0.327. The predicted octanol–water partition coefficient (Wildman–Crippen LogP) is 1.62. The van der Waals surface area contributed by atoms with Gasteiger partial charge in [0.05, 0.1) is 17.8 Å². The predicted molar refractivity (Wildman–Crippen MR) is 77.8 cm³/mol. The quantitative estimate of drug-likeness (QED) is 0.510. The summed E-state index contributed by atoms with van der Waals surface area (Å²) in [5, 5.41) is 0. The van der Waals surface area contributed by atoms with Crippen LogP contribution >= 0.6 is 0 Å². The van der Waals surface area contributed by atoms with E-state index in [1.165, 1.54) is 24.2 Å². The van der Waals surface area contributed by atoms with Crippen molar-refractivity contribution in [2.24, 2.45) is 5.84 Å². The Kier molecular flexibility index (Phi) is 3.55. The van der Waals surface area contributed by atoms with Crippen molar-refractivity contribution < 1.29 is 9.21 Å². The Morgan fingerprint density at radius 3 is 2.95 bits per heavy atom. The summed E-state index contributed by atoms with van der Waals surface area (Å²) in [6.45, 7) is 4.39. The van der Waals surface area contributed by atoms with Crippen LogP contribution in [0.2, 0.25) is 0 Å². The van der Waals surface area contributed by atoms with Crippen molar-refractivity contribution in [1.29, 1.82) is 0 Å². The Hall–Kier alpha value is -2.08. The number of fused-ring (bicyclic) bond motifs is 1. The van der Waals surface area contributed by atoms with Gasteiger partial charge in [-0.1, -0.05) is 0 Å². The molecule has 2 aromatic rings. The van der Waals surface area contributed by atoms with E-state index in [0.717, 1.165) is 24.4 Å². The summed E-state index contributed by atoms with van der Waals surface area (Å²) < 4.78 is 7.88. The molecule has 0 bridgehead atoms. The number of hydrazine groups is 1. The maximum Gasteiger partial charge on any atom is 0.268 e. The number of hydrogen-bond donors (Lipinski definition) is 2. The minimum Gasteiger partial charge on any atom is -0.464 e. The van der Waals surface area contributed by atoms with Crippen LogP contribution in [0.25, 0.3) is 0 Å². The van der Waals surface area contributed by atoms with E-state index >= 15 is 0 Å². The second-order valence-electron chi connectivity index (χ2n) is 5.50. The van der Waals surface area contributed by atoms with Gasteiger partial charge in [0.25, 0.3) is 5.91 Å². The average Bonchev–Trinajstić information content (AvgIpc) is 2.99. The first-order valence-electron chi connectivity index (χ1n) is 7.25. The standard InChI is InChI=1S/C15H20N4O2/c1-9-12(15(20)18-16)7-11(21-9)8-19-10(2)17-13-5-3-4-6-14(13)19/h7H,3-6,8,16H2,1-2H3,(H,18,20). The van der Waals surface area contributed by atoms with Crippen molar-refractivity contribution in [3.63, 3.8) is 0 Å². The molecule has 0 unspecified atom stereocenters. The number of furan rings is 1. The molecule has 1 amide bonds. The number of hydrogen-bond acceptors (Lipinski definition) is 4. The number of nitrogens with zero attached hydrogens (tertiary/aromatic N) is 2. The van der Waals surface area contributed by atoms with Crippen molar-refractivity contribution in [3.8, 4) is 0 Å². The average molecular weight is 288 g/mol. The third-order valence-electron chi connectivity index (χ3n) is 4.08. The normalized spacial score (nSPS) is 14.0. The molecular formula is C15H20N4O2. The van der Waals surface area contributed by atoms with E-state index in [2.05, 4.69) is 15.0 Å². The Balaban J connectivity index is 1.91. The van der Waals surface area contributed by atoms with Crippen molar-refractivity contribution in [1.82, 2.24) is 15.0 Å². The summed E-state index contributed by atoms with van der Waals surface area (Å²) in [4.78, 5) is 16.3. The number of imidazole rings is 1. The fourth-order valence-electron chi connectivity index (χ4n) is 3.03. The molecular weight excluding hydrogens is 268 g/mol. The van der Waals surface area contributed by atoms with Crippen LogP contribution in [0, 0.1) is 13.8 Å². The topological polar surface area (TPSA) is 86.1 Å². The number of carbonyl (C=O) groups excluding carboxylic acids is 1. The van der Waals surface area contributed by atoms with Crippen molar-refractivity contribution >= 4 is 5.91 Å². The SMILES string of the molecule is Cc1oc(Cn2c(C)nc3c2CCCC3)cc1C(=O)NN. The third-order valence-corrected chi connectivity index (χ3v) is 4.08. The summed E-state index contributed by atoms with van der Waals surface area (Å²) in [5.41, 5.74) is 5.14. The summed E-state index contributed by atoms with van der Waals surface area (Å²) in [6, 6.07) is 1.76. The molecule has 3 rings (SSSR count). The van der Waals surface area contributed by atoms with Crippen LogP contribution in [0.3, 0.4) is 0 Å². The van der Waals surface area contributed by atoms with Gasteiger partial charge in [-0.2, -0.15) is 0 Å². The van der Waals surface area contributed by atoms with E-state index < -0.39 is 0 Å². The molecule has 6 heteroatoms. The highest BCUT2D eigenvalue weighted by molar-refractivity contribution is 5.94. The summed E-state index contributed by atoms with van der Waals surface area (Å²) in [5.74, 6) is 7.18. The van der Waals surface area contributed by atoms with Crippen LogP contribution in [0.15, 0.2) is 10.5 Å². The number of aryl methyl sites for hydroxylation is 3. The van der Waals surface area contributed by atoms with Gasteiger partial charge in [0.2, 0.25) is 0 Å². The smallest absolute Gasteiger partial charge is 0.268 e. The molecule has 1 aliphatic rings. The Morgan fingerprint density at radius 2 is 2.19 bits per heavy atom. The highest BCUT2D eigenvalue weighted by Crippen LogP contribution is 2.24. The lowest BCUT2D eigenvalue weighted by atomic mass is 10.0. The van der Waals surface area contributed by atoms with Gasteiger partial charge in [0.15, 0.2) is 0 Å². The van der Waals surface area contributed by atoms with Gasteiger partial charge in [-0.3, -0.25) is 10.2 Å². The second-order valence-corrected chi connectivity index (χ2v) is 5.50. The molecule has 0 saturated heterocycles. The number of nitrogens with two attached hydrogens (primary N) is 1. The van der Waals surface area contributed by atoms with E-state index in [1.807, 2.05) is 6.92 Å². The van der Waals surface area contributed by atoms with Gasteiger partial charge >= 0.3 is 0 Å². The number of rotatable bonds is 3. The van der Waals surface area contributed by atoms with Crippen molar-refractivity contribution in [2.75, 3.05) is 0 Å². The molecule has 0 saturated carbocycles. The van der Waals surface area contributed by atoms with Crippen molar-refractivity contribution in [2.45, 2.75) is 46.1 Å². The Bertz CT molecular complexity index is 684. The van der Waals surface area contributed by atoms with Crippen LogP contribution in [0.5, 0.6) is 0 Å². The van der Waals surface area contributed by atoms with Crippen LogP contribution in [0.1, 0.15) is 51.9 Å². The zero-order valence-electron chi connectivity index (χ0n) is 12.4. The lowest BCUT2D eigenvalue weighted by Crippen LogP contribution is -2.30. The number of amides is 1. The molecule has 0 aliphatic heterocycles. The van der Waals surface area contributed by atoms with Gasteiger partial charge in [-0.25, -0.2) is 10.8 Å². The molecule has 3 N–H and O–H groups in total. The minimum atomic E-state index is -0.327. The first-order chi connectivity index (χ1) is 10.1. The highest BCUT2D eigenvalue weighted by Gasteiger charge is 2.20. The first-order valence-corrected chi connectivity index (χ1v) is 7.25. The van der Waals surface area contributed by atoms with Gasteiger partial charge in [-0.15, -0.1) is 0 Å². The molecule has 112 valence electrons. The first kappa shape index (κ1) is 13.9. The van der Waals surface area contributed by atoms with Crippen LogP contribution in [0.4, 0.5) is 0 Å². The second kappa shape index (κ2) is 5.37. The Labute approximate surface area is 123 Å². The monoisotopic (exact) mass is 288 g/mol. The molecule has 21 heavy (non-hydrogen) atoms. The molecule has 1 aliphatic carbocycles. The van der Waals surface area contributed by atoms with E-state index in [0.29, 0.717) is 17.9 Å². The summed E-state index contributed by atoms with van der Waals surface area (Å²) in [6.07, 6.45) is 4.54. The van der Waals surface area contributed by atoms with E-state index in [4.69, 9.17) is 10.3 Å². The van der Waals surface area contributed by atoms with Gasteiger partial charge in [-0.05, 0) is 45.6 Å². The van der Waals surface area contributed by atoms with E-state index in [9.17, 15) is 4.79 Å². The number of aromatic nitrogens is 2. The van der Waals surface area contributed by atoms with Gasteiger partial charge < -0.3 is 8.98 Å². The maximum atomic E-state index is 11.6. The third kappa shape index (κ3) is 2.47. The highest BCUT2D eigenvalue weighted by atomic mass is 16.3. The van der Waals surface area contributed by atoms with E-state index in [1.54, 1.807) is 13.0 Å². The summed E-state index contributed by atoms with van der Waals surface area (Å²) >= 11 is 0. The maximum absolute atomic E-state index is 11.6. The fraction of sp³-hybridized carbons (Fsp3) is 0.467. The van der Waals surface area contributed by atoms with Gasteiger partial charge in [0.1, 0.15) is 17.3 Å². The molecule has 0 spiro atoms. The molecule has 0 radical (unpaired) electrons. The summed E-state index contributed by atoms with van der Waals surface area (Å²) in [7, 11) is 0. The van der Waals surface area contributed by atoms with Crippen LogP contribution < -0.4 is 11.3 Å². The molecule has 2 heterocycles.